The standard InChI is InChI=1S/C14H23N5O2/c1-14(2,3)19-10-11(9-12(19)20)13(21)15-5-4-7-18-8-6-16-17-18/h6,8,11H,4-5,7,9-10H2,1-3H3,(H,15,21)/t11-/m0/s1. The van der Waals surface area contributed by atoms with Crippen LogP contribution in [0.25, 0.3) is 0 Å². The largest absolute Gasteiger partial charge is 0.356 e. The Morgan fingerprint density at radius 3 is 2.81 bits per heavy atom. The quantitative estimate of drug-likeness (QED) is 0.798. The van der Waals surface area contributed by atoms with Crippen molar-refractivity contribution in [2.24, 2.45) is 5.92 Å². The number of hydrogen-bond donors (Lipinski definition) is 1. The van der Waals surface area contributed by atoms with Gasteiger partial charge in [0, 0.05) is 37.8 Å². The molecule has 1 saturated heterocycles. The number of likely N-dealkylation sites (tertiary alicyclic amines) is 1. The number of nitrogens with zero attached hydrogens (tertiary/aromatic N) is 4. The Hall–Kier alpha value is -1.92. The Morgan fingerprint density at radius 2 is 2.24 bits per heavy atom. The molecule has 2 rings (SSSR count). The second kappa shape index (κ2) is 6.24. The zero-order valence-corrected chi connectivity index (χ0v) is 12.9. The lowest BCUT2D eigenvalue weighted by atomic mass is 10.1. The van der Waals surface area contributed by atoms with Gasteiger partial charge in [0.2, 0.25) is 11.8 Å². The molecule has 1 fully saturated rings. The van der Waals surface area contributed by atoms with Crippen LogP contribution in [0.15, 0.2) is 12.4 Å². The third kappa shape index (κ3) is 4.03. The zero-order chi connectivity index (χ0) is 15.5. The van der Waals surface area contributed by atoms with Gasteiger partial charge in [-0.1, -0.05) is 5.21 Å². The van der Waals surface area contributed by atoms with Crippen LogP contribution in [0.4, 0.5) is 0 Å². The van der Waals surface area contributed by atoms with E-state index in [0.29, 0.717) is 19.5 Å². The van der Waals surface area contributed by atoms with E-state index in [2.05, 4.69) is 15.6 Å². The molecular weight excluding hydrogens is 270 g/mol. The zero-order valence-electron chi connectivity index (χ0n) is 12.9. The first kappa shape index (κ1) is 15.5. The molecule has 1 atom stereocenters. The Labute approximate surface area is 124 Å². The fourth-order valence-electron chi connectivity index (χ4n) is 2.48. The fraction of sp³-hybridized carbons (Fsp3) is 0.714. The number of carbonyl (C=O) groups excluding carboxylic acids is 2. The van der Waals surface area contributed by atoms with E-state index in [1.54, 1.807) is 22.0 Å². The van der Waals surface area contributed by atoms with Gasteiger partial charge in [0.1, 0.15) is 0 Å². The molecule has 0 aromatic carbocycles. The summed E-state index contributed by atoms with van der Waals surface area (Å²) in [4.78, 5) is 25.8. The molecule has 0 saturated carbocycles. The van der Waals surface area contributed by atoms with E-state index >= 15 is 0 Å². The van der Waals surface area contributed by atoms with Crippen molar-refractivity contribution in [3.05, 3.63) is 12.4 Å². The average Bonchev–Trinajstić information content (AvgIpc) is 3.02. The first-order valence-corrected chi connectivity index (χ1v) is 7.30. The molecule has 0 aliphatic carbocycles. The highest BCUT2D eigenvalue weighted by atomic mass is 16.2. The number of aromatic nitrogens is 3. The number of amides is 2. The van der Waals surface area contributed by atoms with E-state index in [1.807, 2.05) is 20.8 Å². The summed E-state index contributed by atoms with van der Waals surface area (Å²) in [7, 11) is 0. The van der Waals surface area contributed by atoms with Crippen LogP contribution in [0.5, 0.6) is 0 Å². The molecule has 0 spiro atoms. The topological polar surface area (TPSA) is 80.1 Å². The number of hydrogen-bond acceptors (Lipinski definition) is 4. The molecule has 21 heavy (non-hydrogen) atoms. The summed E-state index contributed by atoms with van der Waals surface area (Å²) in [5.41, 5.74) is -0.223. The lowest BCUT2D eigenvalue weighted by Crippen LogP contribution is -2.43. The average molecular weight is 293 g/mol. The Bertz CT molecular complexity index is 492. The third-order valence-electron chi connectivity index (χ3n) is 3.64. The predicted molar refractivity (Wildman–Crippen MR) is 77.2 cm³/mol. The maximum atomic E-state index is 12.1. The second-order valence-corrected chi connectivity index (χ2v) is 6.39. The summed E-state index contributed by atoms with van der Waals surface area (Å²) < 4.78 is 1.73. The van der Waals surface area contributed by atoms with Crippen molar-refractivity contribution in [2.75, 3.05) is 13.1 Å². The number of aryl methyl sites for hydroxylation is 1. The van der Waals surface area contributed by atoms with Crippen LogP contribution in [0.2, 0.25) is 0 Å². The molecule has 1 N–H and O–H groups in total. The minimum atomic E-state index is -0.233. The molecule has 2 heterocycles. The van der Waals surface area contributed by atoms with Gasteiger partial charge in [-0.25, -0.2) is 0 Å². The SMILES string of the molecule is CC(C)(C)N1C[C@@H](C(=O)NCCCn2ccnn2)CC1=O. The van der Waals surface area contributed by atoms with Gasteiger partial charge in [0.25, 0.3) is 0 Å². The van der Waals surface area contributed by atoms with Crippen LogP contribution < -0.4 is 5.32 Å². The van der Waals surface area contributed by atoms with Gasteiger partial charge >= 0.3 is 0 Å². The van der Waals surface area contributed by atoms with Gasteiger partial charge < -0.3 is 10.2 Å². The summed E-state index contributed by atoms with van der Waals surface area (Å²) in [6.07, 6.45) is 4.52. The molecule has 116 valence electrons. The van der Waals surface area contributed by atoms with E-state index < -0.39 is 0 Å². The molecule has 0 bridgehead atoms. The number of rotatable bonds is 5. The molecule has 1 aliphatic rings. The summed E-state index contributed by atoms with van der Waals surface area (Å²) in [5.74, 6) is -0.206. The van der Waals surface area contributed by atoms with Crippen LogP contribution in [-0.2, 0) is 16.1 Å². The lowest BCUT2D eigenvalue weighted by molar-refractivity contribution is -0.132. The van der Waals surface area contributed by atoms with E-state index in [4.69, 9.17) is 0 Å². The smallest absolute Gasteiger partial charge is 0.225 e. The molecule has 1 aromatic rings. The van der Waals surface area contributed by atoms with Crippen molar-refractivity contribution in [1.29, 1.82) is 0 Å². The molecule has 1 aromatic heterocycles. The van der Waals surface area contributed by atoms with Crippen molar-refractivity contribution < 1.29 is 9.59 Å². The van der Waals surface area contributed by atoms with Crippen molar-refractivity contribution in [2.45, 2.75) is 45.7 Å². The van der Waals surface area contributed by atoms with Crippen LogP contribution in [0.3, 0.4) is 0 Å². The second-order valence-electron chi connectivity index (χ2n) is 6.39. The van der Waals surface area contributed by atoms with Gasteiger partial charge in [-0.3, -0.25) is 14.3 Å². The van der Waals surface area contributed by atoms with Crippen molar-refractivity contribution in [1.82, 2.24) is 25.2 Å². The first-order chi connectivity index (χ1) is 9.88. The highest BCUT2D eigenvalue weighted by Crippen LogP contribution is 2.25. The van der Waals surface area contributed by atoms with Crippen LogP contribution in [0, 0.1) is 5.92 Å². The summed E-state index contributed by atoms with van der Waals surface area (Å²) in [5, 5.41) is 10.5. The van der Waals surface area contributed by atoms with Crippen LogP contribution in [-0.4, -0.2) is 50.3 Å². The van der Waals surface area contributed by atoms with Gasteiger partial charge in [0.05, 0.1) is 12.1 Å². The van der Waals surface area contributed by atoms with Crippen molar-refractivity contribution in [3.63, 3.8) is 0 Å². The van der Waals surface area contributed by atoms with Gasteiger partial charge in [0.15, 0.2) is 0 Å². The maximum absolute atomic E-state index is 12.1. The van der Waals surface area contributed by atoms with Gasteiger partial charge in [-0.15, -0.1) is 5.10 Å². The van der Waals surface area contributed by atoms with Crippen molar-refractivity contribution >= 4 is 11.8 Å². The monoisotopic (exact) mass is 293 g/mol. The van der Waals surface area contributed by atoms with Gasteiger partial charge in [-0.05, 0) is 27.2 Å². The van der Waals surface area contributed by atoms with E-state index in [9.17, 15) is 9.59 Å². The minimum Gasteiger partial charge on any atom is -0.356 e. The minimum absolute atomic E-state index is 0.0336. The van der Waals surface area contributed by atoms with E-state index in [1.165, 1.54) is 0 Å². The molecule has 0 unspecified atom stereocenters. The predicted octanol–water partition coefficient (Wildman–Crippen LogP) is 0.431. The third-order valence-corrected chi connectivity index (χ3v) is 3.64. The van der Waals surface area contributed by atoms with E-state index in [0.717, 1.165) is 13.0 Å². The van der Waals surface area contributed by atoms with Crippen LogP contribution in [0.1, 0.15) is 33.6 Å². The molecule has 1 aliphatic heterocycles. The lowest BCUT2D eigenvalue weighted by Gasteiger charge is -2.31. The molecule has 0 radical (unpaired) electrons. The summed E-state index contributed by atoms with van der Waals surface area (Å²) in [6, 6.07) is 0. The van der Waals surface area contributed by atoms with Crippen LogP contribution >= 0.6 is 0 Å². The highest BCUT2D eigenvalue weighted by molar-refractivity contribution is 5.89. The molecule has 7 nitrogen and oxygen atoms in total. The Kier molecular flexibility index (Phi) is 4.59. The van der Waals surface area contributed by atoms with Gasteiger partial charge in [-0.2, -0.15) is 0 Å². The number of nitrogens with one attached hydrogen (secondary N) is 1. The first-order valence-electron chi connectivity index (χ1n) is 7.30. The Balaban J connectivity index is 1.73. The number of carbonyl (C=O) groups is 2. The maximum Gasteiger partial charge on any atom is 0.225 e. The van der Waals surface area contributed by atoms with Crippen molar-refractivity contribution in [3.8, 4) is 0 Å². The summed E-state index contributed by atoms with van der Waals surface area (Å²) in [6.45, 7) is 7.78. The molecule has 7 heteroatoms. The summed E-state index contributed by atoms with van der Waals surface area (Å²) >= 11 is 0. The highest BCUT2D eigenvalue weighted by Gasteiger charge is 2.39. The molecule has 2 amide bonds. The Morgan fingerprint density at radius 1 is 1.48 bits per heavy atom. The normalized spacial score (nSPS) is 19.1. The molecular formula is C14H23N5O2. The van der Waals surface area contributed by atoms with E-state index in [-0.39, 0.29) is 23.3 Å². The fourth-order valence-corrected chi connectivity index (χ4v) is 2.48.